The van der Waals surface area contributed by atoms with Gasteiger partial charge in [-0.05, 0) is 60.5 Å². The third-order valence-electron chi connectivity index (χ3n) is 5.42. The molecule has 0 aliphatic heterocycles. The van der Waals surface area contributed by atoms with E-state index in [-0.39, 0.29) is 16.6 Å². The average Bonchev–Trinajstić information content (AvgIpc) is 3.37. The quantitative estimate of drug-likeness (QED) is 0.348. The second-order valence-electron chi connectivity index (χ2n) is 7.92. The van der Waals surface area contributed by atoms with Gasteiger partial charge >= 0.3 is 0 Å². The van der Waals surface area contributed by atoms with Gasteiger partial charge in [-0.1, -0.05) is 36.4 Å². The molecule has 4 aromatic rings. The Morgan fingerprint density at radius 3 is 2.14 bits per heavy atom. The molecule has 4 rings (SSSR count). The van der Waals surface area contributed by atoms with Crippen molar-refractivity contribution in [3.8, 4) is 0 Å². The van der Waals surface area contributed by atoms with Crippen LogP contribution in [-0.4, -0.2) is 29.9 Å². The van der Waals surface area contributed by atoms with Gasteiger partial charge in [-0.15, -0.1) is 0 Å². The first-order valence-corrected chi connectivity index (χ1v) is 12.4. The predicted molar refractivity (Wildman–Crippen MR) is 133 cm³/mol. The number of carbonyl (C=O) groups excluding carboxylic acids is 2. The van der Waals surface area contributed by atoms with Gasteiger partial charge in [-0.2, -0.15) is 5.10 Å². The van der Waals surface area contributed by atoms with Crippen LogP contribution in [0.1, 0.15) is 38.8 Å². The Hall–Kier alpha value is -4.24. The number of anilines is 1. The van der Waals surface area contributed by atoms with Gasteiger partial charge in [0.15, 0.2) is 5.78 Å². The van der Waals surface area contributed by atoms with Crippen molar-refractivity contribution in [3.63, 3.8) is 0 Å². The highest BCUT2D eigenvalue weighted by atomic mass is 32.2. The maximum Gasteiger partial charge on any atom is 0.261 e. The van der Waals surface area contributed by atoms with Crippen LogP contribution in [0, 0.1) is 0 Å². The Labute approximate surface area is 203 Å². The number of nitrogens with one attached hydrogen (secondary N) is 2. The molecule has 0 aliphatic carbocycles. The first kappa shape index (κ1) is 23.9. The van der Waals surface area contributed by atoms with Crippen molar-refractivity contribution in [3.05, 3.63) is 114 Å². The summed E-state index contributed by atoms with van der Waals surface area (Å²) in [4.78, 5) is 24.1. The first-order chi connectivity index (χ1) is 16.8. The largest absolute Gasteiger partial charge is 0.348 e. The van der Waals surface area contributed by atoms with Crippen molar-refractivity contribution in [1.29, 1.82) is 0 Å². The number of nitrogens with zero attached hydrogens (tertiary/aromatic N) is 2. The van der Waals surface area contributed by atoms with Crippen LogP contribution < -0.4 is 10.0 Å². The van der Waals surface area contributed by atoms with Gasteiger partial charge in [0.2, 0.25) is 0 Å². The number of benzene rings is 3. The van der Waals surface area contributed by atoms with E-state index in [0.29, 0.717) is 29.9 Å². The lowest BCUT2D eigenvalue weighted by Crippen LogP contribution is -2.23. The molecule has 0 unspecified atom stereocenters. The van der Waals surface area contributed by atoms with Crippen LogP contribution in [0.3, 0.4) is 0 Å². The van der Waals surface area contributed by atoms with Gasteiger partial charge in [0, 0.05) is 35.8 Å². The van der Waals surface area contributed by atoms with Gasteiger partial charge in [0.1, 0.15) is 0 Å². The Balaban J connectivity index is 1.38. The molecule has 0 saturated heterocycles. The Bertz CT molecular complexity index is 1430. The van der Waals surface area contributed by atoms with Gasteiger partial charge in [0.05, 0.1) is 11.4 Å². The smallest absolute Gasteiger partial charge is 0.261 e. The van der Waals surface area contributed by atoms with E-state index in [1.807, 2.05) is 41.2 Å². The lowest BCUT2D eigenvalue weighted by atomic mass is 10.1. The van der Waals surface area contributed by atoms with Crippen molar-refractivity contribution in [2.24, 2.45) is 0 Å². The van der Waals surface area contributed by atoms with E-state index in [9.17, 15) is 18.0 Å². The number of carbonyl (C=O) groups is 2. The molecule has 2 N–H and O–H groups in total. The van der Waals surface area contributed by atoms with Crippen LogP contribution >= 0.6 is 0 Å². The average molecular weight is 489 g/mol. The number of amides is 1. The fourth-order valence-electron chi connectivity index (χ4n) is 3.50. The Morgan fingerprint density at radius 1 is 0.857 bits per heavy atom. The molecule has 0 saturated carbocycles. The van der Waals surface area contributed by atoms with Gasteiger partial charge in [-0.25, -0.2) is 8.42 Å². The van der Waals surface area contributed by atoms with E-state index in [4.69, 9.17) is 0 Å². The summed E-state index contributed by atoms with van der Waals surface area (Å²) < 4.78 is 29.6. The van der Waals surface area contributed by atoms with Gasteiger partial charge in [-0.3, -0.25) is 19.0 Å². The van der Waals surface area contributed by atoms with Crippen LogP contribution in [0.2, 0.25) is 0 Å². The van der Waals surface area contributed by atoms with Gasteiger partial charge < -0.3 is 5.32 Å². The zero-order valence-corrected chi connectivity index (χ0v) is 19.8. The molecule has 0 fully saturated rings. The highest BCUT2D eigenvalue weighted by molar-refractivity contribution is 7.92. The number of ketones is 1. The minimum absolute atomic E-state index is 0.0399. The number of hydrogen-bond acceptors (Lipinski definition) is 5. The monoisotopic (exact) mass is 488 g/mol. The second kappa shape index (κ2) is 10.4. The topological polar surface area (TPSA) is 110 Å². The Morgan fingerprint density at radius 2 is 1.51 bits per heavy atom. The summed E-state index contributed by atoms with van der Waals surface area (Å²) >= 11 is 0. The molecule has 0 radical (unpaired) electrons. The molecular weight excluding hydrogens is 464 g/mol. The molecule has 3 aromatic carbocycles. The zero-order valence-electron chi connectivity index (χ0n) is 19.0. The molecule has 0 aliphatic rings. The summed E-state index contributed by atoms with van der Waals surface area (Å²) in [6, 6.07) is 21.6. The number of Topliss-reactive ketones (excluding diaryl/α,β-unsaturated/α-hetero) is 1. The van der Waals surface area contributed by atoms with E-state index >= 15 is 0 Å². The highest BCUT2D eigenvalue weighted by Crippen LogP contribution is 2.18. The van der Waals surface area contributed by atoms with E-state index < -0.39 is 10.0 Å². The molecule has 0 spiro atoms. The summed E-state index contributed by atoms with van der Waals surface area (Å²) in [6.07, 6.45) is 3.60. The van der Waals surface area contributed by atoms with Crippen LogP contribution in [0.15, 0.2) is 96.2 Å². The minimum Gasteiger partial charge on any atom is -0.348 e. The molecule has 0 atom stereocenters. The lowest BCUT2D eigenvalue weighted by Gasteiger charge is -2.12. The van der Waals surface area contributed by atoms with Crippen molar-refractivity contribution < 1.29 is 18.0 Å². The molecule has 1 amide bonds. The summed E-state index contributed by atoms with van der Waals surface area (Å²) in [5, 5.41) is 7.13. The maximum atomic E-state index is 12.7. The van der Waals surface area contributed by atoms with E-state index in [2.05, 4.69) is 15.1 Å². The predicted octanol–water partition coefficient (Wildman–Crippen LogP) is 3.86. The fourth-order valence-corrected chi connectivity index (χ4v) is 4.56. The van der Waals surface area contributed by atoms with Crippen LogP contribution in [0.4, 0.5) is 5.69 Å². The van der Waals surface area contributed by atoms with Crippen molar-refractivity contribution in [1.82, 2.24) is 15.1 Å². The van der Waals surface area contributed by atoms with Crippen molar-refractivity contribution >= 4 is 27.4 Å². The minimum atomic E-state index is -3.83. The summed E-state index contributed by atoms with van der Waals surface area (Å²) in [5.74, 6) is -0.412. The molecular formula is C26H24N4O4S. The SMILES string of the molecule is CC(=O)c1ccc(S(=O)(=O)Nc2ccc(C(=O)NCc3ccccc3Cn3cccn3)cc2)cc1. The molecule has 9 heteroatoms. The van der Waals surface area contributed by atoms with Crippen LogP contribution in [0.25, 0.3) is 0 Å². The van der Waals surface area contributed by atoms with E-state index in [1.165, 1.54) is 43.3 Å². The third-order valence-corrected chi connectivity index (χ3v) is 6.82. The normalized spacial score (nSPS) is 11.1. The van der Waals surface area contributed by atoms with E-state index in [0.717, 1.165) is 11.1 Å². The maximum absolute atomic E-state index is 12.7. The lowest BCUT2D eigenvalue weighted by molar-refractivity contribution is 0.0950. The number of sulfonamides is 1. The standard InChI is InChI=1S/C26H24N4O4S/c1-19(31)20-9-13-25(14-10-20)35(33,34)29-24-11-7-21(8-12-24)26(32)27-17-22-5-2-3-6-23(22)18-30-16-4-15-28-30/h2-16,29H,17-18H2,1H3,(H,27,32). The summed E-state index contributed by atoms with van der Waals surface area (Å²) in [7, 11) is -3.83. The third kappa shape index (κ3) is 6.01. The fraction of sp³-hybridized carbons (Fsp3) is 0.115. The second-order valence-corrected chi connectivity index (χ2v) is 9.60. The van der Waals surface area contributed by atoms with Crippen molar-refractivity contribution in [2.75, 3.05) is 4.72 Å². The highest BCUT2D eigenvalue weighted by Gasteiger charge is 2.15. The molecule has 1 aromatic heterocycles. The summed E-state index contributed by atoms with van der Waals surface area (Å²) in [6.45, 7) is 2.37. The molecule has 0 bridgehead atoms. The zero-order chi connectivity index (χ0) is 24.8. The number of rotatable bonds is 9. The molecule has 178 valence electrons. The number of aromatic nitrogens is 2. The van der Waals surface area contributed by atoms with Crippen LogP contribution in [-0.2, 0) is 23.1 Å². The van der Waals surface area contributed by atoms with Crippen molar-refractivity contribution in [2.45, 2.75) is 24.9 Å². The Kier molecular flexibility index (Phi) is 7.07. The molecule has 8 nitrogen and oxygen atoms in total. The molecule has 1 heterocycles. The van der Waals surface area contributed by atoms with E-state index in [1.54, 1.807) is 18.3 Å². The summed E-state index contributed by atoms with van der Waals surface area (Å²) in [5.41, 5.74) is 3.20. The molecule has 35 heavy (non-hydrogen) atoms. The number of hydrogen-bond donors (Lipinski definition) is 2. The first-order valence-electron chi connectivity index (χ1n) is 10.9. The van der Waals surface area contributed by atoms with Crippen LogP contribution in [0.5, 0.6) is 0 Å². The van der Waals surface area contributed by atoms with Gasteiger partial charge in [0.25, 0.3) is 15.9 Å².